The second kappa shape index (κ2) is 6.13. The zero-order valence-corrected chi connectivity index (χ0v) is 14.0. The fraction of sp³-hybridized carbons (Fsp3) is 0.529. The number of amides is 2. The summed E-state index contributed by atoms with van der Waals surface area (Å²) in [7, 11) is 0. The largest absolute Gasteiger partial charge is 0.350 e. The standard InChI is InChI=1S/C17H22ClN3O2/c1-11(22)21-10-17(4-5-17)7-15(21)16(23)20-9-13-6-14(18)3-2-12(13)8-19/h2-3,6,15H,4-5,7-10,19H2,1H3,(H,20,23). The molecule has 23 heavy (non-hydrogen) atoms. The third-order valence-electron chi connectivity index (χ3n) is 5.01. The van der Waals surface area contributed by atoms with Gasteiger partial charge in [-0.25, -0.2) is 0 Å². The van der Waals surface area contributed by atoms with Gasteiger partial charge < -0.3 is 16.0 Å². The van der Waals surface area contributed by atoms with E-state index in [4.69, 9.17) is 17.3 Å². The molecule has 0 radical (unpaired) electrons. The number of carbonyl (C=O) groups excluding carboxylic acids is 2. The Hall–Kier alpha value is -1.59. The Labute approximate surface area is 141 Å². The van der Waals surface area contributed by atoms with Crippen LogP contribution in [0.15, 0.2) is 18.2 Å². The number of likely N-dealkylation sites (tertiary alicyclic amines) is 1. The van der Waals surface area contributed by atoms with Crippen LogP contribution in [0.5, 0.6) is 0 Å². The smallest absolute Gasteiger partial charge is 0.243 e. The molecule has 1 unspecified atom stereocenters. The SMILES string of the molecule is CC(=O)N1CC2(CC2)CC1C(=O)NCc1cc(Cl)ccc1CN. The molecule has 2 fully saturated rings. The molecule has 3 rings (SSSR count). The molecule has 2 aliphatic rings. The Morgan fingerprint density at radius 2 is 2.13 bits per heavy atom. The molecule has 1 aromatic carbocycles. The number of carbonyl (C=O) groups is 2. The molecule has 1 aliphatic carbocycles. The maximum absolute atomic E-state index is 12.6. The van der Waals surface area contributed by atoms with Gasteiger partial charge in [0.05, 0.1) is 0 Å². The topological polar surface area (TPSA) is 75.4 Å². The zero-order chi connectivity index (χ0) is 16.6. The van der Waals surface area contributed by atoms with Crippen molar-refractivity contribution in [1.82, 2.24) is 10.2 Å². The molecule has 2 amide bonds. The van der Waals surface area contributed by atoms with Crippen LogP contribution in [0.4, 0.5) is 0 Å². The van der Waals surface area contributed by atoms with Crippen LogP contribution in [0.1, 0.15) is 37.3 Å². The molecule has 0 bridgehead atoms. The van der Waals surface area contributed by atoms with Crippen molar-refractivity contribution in [2.24, 2.45) is 11.1 Å². The number of halogens is 1. The molecule has 1 saturated carbocycles. The number of hydrogen-bond acceptors (Lipinski definition) is 3. The summed E-state index contributed by atoms with van der Waals surface area (Å²) in [5.74, 6) is -0.119. The molecule has 5 nitrogen and oxygen atoms in total. The van der Waals surface area contributed by atoms with E-state index in [0.29, 0.717) is 24.7 Å². The van der Waals surface area contributed by atoms with Crippen molar-refractivity contribution in [1.29, 1.82) is 0 Å². The van der Waals surface area contributed by atoms with Crippen LogP contribution in [-0.4, -0.2) is 29.3 Å². The van der Waals surface area contributed by atoms with E-state index < -0.39 is 0 Å². The van der Waals surface area contributed by atoms with Crippen molar-refractivity contribution in [3.8, 4) is 0 Å². The predicted octanol–water partition coefficient (Wildman–Crippen LogP) is 1.82. The van der Waals surface area contributed by atoms with Gasteiger partial charge in [-0.3, -0.25) is 9.59 Å². The van der Waals surface area contributed by atoms with Crippen LogP contribution < -0.4 is 11.1 Å². The Bertz CT molecular complexity index is 643. The average Bonchev–Trinajstić information content (AvgIpc) is 3.15. The summed E-state index contributed by atoms with van der Waals surface area (Å²) < 4.78 is 0. The lowest BCUT2D eigenvalue weighted by molar-refractivity contribution is -0.136. The summed E-state index contributed by atoms with van der Waals surface area (Å²) in [6.07, 6.45) is 3.01. The van der Waals surface area contributed by atoms with Crippen LogP contribution in [0.25, 0.3) is 0 Å². The van der Waals surface area contributed by atoms with E-state index in [1.54, 1.807) is 11.0 Å². The van der Waals surface area contributed by atoms with Crippen molar-refractivity contribution in [3.05, 3.63) is 34.3 Å². The monoisotopic (exact) mass is 335 g/mol. The molecule has 124 valence electrons. The number of nitrogens with zero attached hydrogens (tertiary/aromatic N) is 1. The van der Waals surface area contributed by atoms with Gasteiger partial charge >= 0.3 is 0 Å². The quantitative estimate of drug-likeness (QED) is 0.881. The third kappa shape index (κ3) is 3.35. The van der Waals surface area contributed by atoms with Gasteiger partial charge in [0.15, 0.2) is 0 Å². The fourth-order valence-corrected chi connectivity index (χ4v) is 3.61. The van der Waals surface area contributed by atoms with Crippen LogP contribution >= 0.6 is 11.6 Å². The predicted molar refractivity (Wildman–Crippen MR) is 88.6 cm³/mol. The summed E-state index contributed by atoms with van der Waals surface area (Å²) in [5, 5.41) is 3.57. The molecule has 1 aliphatic heterocycles. The lowest BCUT2D eigenvalue weighted by Crippen LogP contribution is -2.45. The number of nitrogens with two attached hydrogens (primary N) is 1. The highest BCUT2D eigenvalue weighted by molar-refractivity contribution is 6.30. The normalized spacial score (nSPS) is 21.5. The summed E-state index contributed by atoms with van der Waals surface area (Å²) in [6, 6.07) is 5.14. The maximum Gasteiger partial charge on any atom is 0.243 e. The van der Waals surface area contributed by atoms with Crippen molar-refractivity contribution < 1.29 is 9.59 Å². The minimum atomic E-state index is -0.351. The van der Waals surface area contributed by atoms with Crippen molar-refractivity contribution in [2.75, 3.05) is 6.54 Å². The minimum Gasteiger partial charge on any atom is -0.350 e. The summed E-state index contributed by atoms with van der Waals surface area (Å²) >= 11 is 6.02. The van der Waals surface area contributed by atoms with E-state index >= 15 is 0 Å². The number of benzene rings is 1. The van der Waals surface area contributed by atoms with E-state index in [1.165, 1.54) is 6.92 Å². The van der Waals surface area contributed by atoms with Gasteiger partial charge in [0, 0.05) is 31.6 Å². The van der Waals surface area contributed by atoms with E-state index in [9.17, 15) is 9.59 Å². The summed E-state index contributed by atoms with van der Waals surface area (Å²) in [6.45, 7) is 3.02. The van der Waals surface area contributed by atoms with Crippen LogP contribution in [0.2, 0.25) is 5.02 Å². The van der Waals surface area contributed by atoms with E-state index in [-0.39, 0.29) is 23.3 Å². The third-order valence-corrected chi connectivity index (χ3v) is 5.25. The highest BCUT2D eigenvalue weighted by Crippen LogP contribution is 2.54. The van der Waals surface area contributed by atoms with Gasteiger partial charge in [-0.05, 0) is 47.9 Å². The highest BCUT2D eigenvalue weighted by Gasteiger charge is 2.54. The van der Waals surface area contributed by atoms with Gasteiger partial charge in [0.25, 0.3) is 0 Å². The van der Waals surface area contributed by atoms with E-state index in [0.717, 1.165) is 30.4 Å². The van der Waals surface area contributed by atoms with Crippen molar-refractivity contribution in [3.63, 3.8) is 0 Å². The average molecular weight is 336 g/mol. The van der Waals surface area contributed by atoms with Crippen molar-refractivity contribution in [2.45, 2.75) is 45.3 Å². The molecule has 1 spiro atoms. The first kappa shape index (κ1) is 16.3. The summed E-state index contributed by atoms with van der Waals surface area (Å²) in [5.41, 5.74) is 7.81. The fourth-order valence-electron chi connectivity index (χ4n) is 3.42. The highest BCUT2D eigenvalue weighted by atomic mass is 35.5. The number of nitrogens with one attached hydrogen (secondary N) is 1. The molecule has 6 heteroatoms. The molecule has 3 N–H and O–H groups in total. The molecular weight excluding hydrogens is 314 g/mol. The molecule has 1 atom stereocenters. The Morgan fingerprint density at radius 1 is 1.39 bits per heavy atom. The van der Waals surface area contributed by atoms with Gasteiger partial charge in [-0.15, -0.1) is 0 Å². The van der Waals surface area contributed by atoms with E-state index in [1.807, 2.05) is 12.1 Å². The molecule has 1 aromatic rings. The number of rotatable bonds is 4. The lowest BCUT2D eigenvalue weighted by atomic mass is 10.0. The first-order valence-electron chi connectivity index (χ1n) is 7.96. The van der Waals surface area contributed by atoms with Crippen molar-refractivity contribution >= 4 is 23.4 Å². The van der Waals surface area contributed by atoms with Gasteiger partial charge in [0.2, 0.25) is 11.8 Å². The second-order valence-electron chi connectivity index (χ2n) is 6.70. The Kier molecular flexibility index (Phi) is 4.34. The van der Waals surface area contributed by atoms with Crippen LogP contribution in [-0.2, 0) is 22.7 Å². The molecule has 1 saturated heterocycles. The molecule has 0 aromatic heterocycles. The van der Waals surface area contributed by atoms with Gasteiger partial charge in [-0.2, -0.15) is 0 Å². The van der Waals surface area contributed by atoms with Gasteiger partial charge in [0.1, 0.15) is 6.04 Å². The van der Waals surface area contributed by atoms with Crippen LogP contribution in [0.3, 0.4) is 0 Å². The lowest BCUT2D eigenvalue weighted by Gasteiger charge is -2.22. The zero-order valence-electron chi connectivity index (χ0n) is 13.3. The second-order valence-corrected chi connectivity index (χ2v) is 7.14. The summed E-state index contributed by atoms with van der Waals surface area (Å²) in [4.78, 5) is 26.1. The minimum absolute atomic E-state index is 0.0284. The van der Waals surface area contributed by atoms with E-state index in [2.05, 4.69) is 5.32 Å². The van der Waals surface area contributed by atoms with Crippen LogP contribution in [0, 0.1) is 5.41 Å². The Morgan fingerprint density at radius 3 is 2.74 bits per heavy atom. The molecular formula is C17H22ClN3O2. The first-order chi connectivity index (χ1) is 10.9. The first-order valence-corrected chi connectivity index (χ1v) is 8.34. The molecule has 1 heterocycles. The maximum atomic E-state index is 12.6. The Balaban J connectivity index is 1.67. The number of hydrogen-bond donors (Lipinski definition) is 2. The van der Waals surface area contributed by atoms with Gasteiger partial charge in [-0.1, -0.05) is 17.7 Å².